The Morgan fingerprint density at radius 3 is 2.25 bits per heavy atom. The largest absolute Gasteiger partial charge is 0.480 e. The van der Waals surface area contributed by atoms with Gasteiger partial charge in [-0.05, 0) is 30.2 Å². The number of aliphatic carboxylic acids is 1. The van der Waals surface area contributed by atoms with Gasteiger partial charge in [0.1, 0.15) is 6.04 Å². The molecular weight excluding hydrogens is 202 g/mol. The van der Waals surface area contributed by atoms with Crippen LogP contribution in [0.3, 0.4) is 0 Å². The Labute approximate surface area is 98.8 Å². The Morgan fingerprint density at radius 1 is 1.38 bits per heavy atom. The third-order valence-electron chi connectivity index (χ3n) is 3.72. The van der Waals surface area contributed by atoms with Gasteiger partial charge in [0, 0.05) is 6.54 Å². The lowest BCUT2D eigenvalue weighted by atomic mass is 9.80. The number of likely N-dealkylation sites (tertiary alicyclic amines) is 1. The van der Waals surface area contributed by atoms with Gasteiger partial charge in [-0.2, -0.15) is 0 Å². The molecule has 0 radical (unpaired) electrons. The summed E-state index contributed by atoms with van der Waals surface area (Å²) in [7, 11) is 0. The number of hydrogen-bond acceptors (Lipinski definition) is 2. The summed E-state index contributed by atoms with van der Waals surface area (Å²) >= 11 is 0. The Balaban J connectivity index is 2.67. The van der Waals surface area contributed by atoms with Crippen molar-refractivity contribution < 1.29 is 9.90 Å². The molecular formula is C13H25NO2. The molecule has 3 nitrogen and oxygen atoms in total. The Morgan fingerprint density at radius 2 is 1.94 bits per heavy atom. The van der Waals surface area contributed by atoms with Crippen molar-refractivity contribution in [3.8, 4) is 0 Å². The van der Waals surface area contributed by atoms with Crippen molar-refractivity contribution in [1.82, 2.24) is 4.90 Å². The Bertz CT molecular complexity index is 255. The predicted octanol–water partition coefficient (Wildman–Crippen LogP) is 2.46. The normalized spacial score (nSPS) is 25.0. The van der Waals surface area contributed by atoms with Crippen molar-refractivity contribution in [1.29, 1.82) is 0 Å². The summed E-state index contributed by atoms with van der Waals surface area (Å²) in [5.74, 6) is 0.119. The Kier molecular flexibility index (Phi) is 4.00. The minimum Gasteiger partial charge on any atom is -0.480 e. The van der Waals surface area contributed by atoms with Crippen LogP contribution >= 0.6 is 0 Å². The van der Waals surface area contributed by atoms with Crippen molar-refractivity contribution in [2.24, 2.45) is 17.3 Å². The molecule has 0 bridgehead atoms. The van der Waals surface area contributed by atoms with E-state index in [1.807, 2.05) is 13.8 Å². The topological polar surface area (TPSA) is 40.5 Å². The van der Waals surface area contributed by atoms with E-state index in [2.05, 4.69) is 25.7 Å². The van der Waals surface area contributed by atoms with Crippen LogP contribution in [0.2, 0.25) is 0 Å². The highest BCUT2D eigenvalue weighted by Gasteiger charge is 2.38. The molecule has 0 amide bonds. The van der Waals surface area contributed by atoms with Crippen molar-refractivity contribution in [3.05, 3.63) is 0 Å². The summed E-state index contributed by atoms with van der Waals surface area (Å²) in [5.41, 5.74) is 0.286. The van der Waals surface area contributed by atoms with Crippen LogP contribution in [0.25, 0.3) is 0 Å². The van der Waals surface area contributed by atoms with Gasteiger partial charge in [-0.15, -0.1) is 0 Å². The maximum absolute atomic E-state index is 11.2. The van der Waals surface area contributed by atoms with Gasteiger partial charge in [0.25, 0.3) is 0 Å². The molecule has 0 saturated carbocycles. The van der Waals surface area contributed by atoms with Crippen molar-refractivity contribution in [2.75, 3.05) is 13.1 Å². The van der Waals surface area contributed by atoms with Crippen molar-refractivity contribution >= 4 is 5.97 Å². The van der Waals surface area contributed by atoms with E-state index in [1.54, 1.807) is 0 Å². The fourth-order valence-corrected chi connectivity index (χ4v) is 2.61. The molecule has 0 spiro atoms. The van der Waals surface area contributed by atoms with E-state index < -0.39 is 5.97 Å². The summed E-state index contributed by atoms with van der Waals surface area (Å²) in [4.78, 5) is 13.4. The van der Waals surface area contributed by atoms with Crippen LogP contribution in [0.1, 0.15) is 41.0 Å². The fourth-order valence-electron chi connectivity index (χ4n) is 2.61. The lowest BCUT2D eigenvalue weighted by molar-refractivity contribution is -0.144. The van der Waals surface area contributed by atoms with Gasteiger partial charge in [-0.1, -0.05) is 34.6 Å². The van der Waals surface area contributed by atoms with Crippen molar-refractivity contribution in [2.45, 2.75) is 47.1 Å². The van der Waals surface area contributed by atoms with E-state index in [0.717, 1.165) is 19.5 Å². The van der Waals surface area contributed by atoms with Crippen LogP contribution in [0.4, 0.5) is 0 Å². The molecule has 2 unspecified atom stereocenters. The number of carbonyl (C=O) groups is 1. The highest BCUT2D eigenvalue weighted by molar-refractivity contribution is 5.73. The highest BCUT2D eigenvalue weighted by Crippen LogP contribution is 2.35. The van der Waals surface area contributed by atoms with Gasteiger partial charge < -0.3 is 5.11 Å². The molecule has 2 atom stereocenters. The minimum atomic E-state index is -0.676. The average Bonchev–Trinajstić information content (AvgIpc) is 2.50. The minimum absolute atomic E-state index is 0.177. The molecule has 0 aliphatic carbocycles. The van der Waals surface area contributed by atoms with E-state index in [0.29, 0.717) is 5.92 Å². The number of carboxylic acids is 1. The predicted molar refractivity (Wildman–Crippen MR) is 65.4 cm³/mol. The van der Waals surface area contributed by atoms with Crippen molar-refractivity contribution in [3.63, 3.8) is 0 Å². The highest BCUT2D eigenvalue weighted by atomic mass is 16.4. The molecule has 94 valence electrons. The molecule has 1 saturated heterocycles. The summed E-state index contributed by atoms with van der Waals surface area (Å²) < 4.78 is 0. The van der Waals surface area contributed by atoms with Gasteiger partial charge in [-0.25, -0.2) is 0 Å². The molecule has 1 fully saturated rings. The summed E-state index contributed by atoms with van der Waals surface area (Å²) in [6.07, 6.45) is 1.12. The number of nitrogens with zero attached hydrogens (tertiary/aromatic N) is 1. The van der Waals surface area contributed by atoms with Crippen LogP contribution in [-0.4, -0.2) is 35.1 Å². The maximum Gasteiger partial charge on any atom is 0.321 e. The molecule has 1 aliphatic heterocycles. The van der Waals surface area contributed by atoms with Crippen LogP contribution in [0, 0.1) is 17.3 Å². The molecule has 1 aliphatic rings. The van der Waals surface area contributed by atoms with Gasteiger partial charge in [0.05, 0.1) is 0 Å². The van der Waals surface area contributed by atoms with Crippen LogP contribution in [-0.2, 0) is 4.79 Å². The number of carboxylic acid groups (broad SMARTS) is 1. The molecule has 1 rings (SSSR count). The lowest BCUT2D eigenvalue weighted by Gasteiger charge is -2.30. The second-order valence-electron chi connectivity index (χ2n) is 6.37. The number of rotatable bonds is 3. The third kappa shape index (κ3) is 2.97. The molecule has 3 heteroatoms. The zero-order chi connectivity index (χ0) is 12.5. The molecule has 1 N–H and O–H groups in total. The fraction of sp³-hybridized carbons (Fsp3) is 0.923. The smallest absolute Gasteiger partial charge is 0.321 e. The van der Waals surface area contributed by atoms with Crippen LogP contribution < -0.4 is 0 Å². The molecule has 0 aromatic heterocycles. The monoisotopic (exact) mass is 227 g/mol. The second-order valence-corrected chi connectivity index (χ2v) is 6.37. The molecule has 0 aromatic carbocycles. The molecule has 0 aromatic rings. The van der Waals surface area contributed by atoms with Crippen LogP contribution in [0.15, 0.2) is 0 Å². The third-order valence-corrected chi connectivity index (χ3v) is 3.72. The van der Waals surface area contributed by atoms with Gasteiger partial charge in [0.15, 0.2) is 0 Å². The maximum atomic E-state index is 11.2. The van der Waals surface area contributed by atoms with Gasteiger partial charge in [0.2, 0.25) is 0 Å². The van der Waals surface area contributed by atoms with E-state index in [1.165, 1.54) is 0 Å². The average molecular weight is 227 g/mol. The first-order valence-corrected chi connectivity index (χ1v) is 6.20. The molecule has 16 heavy (non-hydrogen) atoms. The van der Waals surface area contributed by atoms with Gasteiger partial charge in [-0.3, -0.25) is 9.69 Å². The molecule has 1 heterocycles. The first-order valence-electron chi connectivity index (χ1n) is 6.20. The SMILES string of the molecule is CC(C)C(C(=O)O)N1CCC(C(C)(C)C)C1. The summed E-state index contributed by atoms with van der Waals surface area (Å²) in [6, 6.07) is -0.313. The first-order chi connectivity index (χ1) is 7.23. The summed E-state index contributed by atoms with van der Waals surface area (Å²) in [5, 5.41) is 9.25. The quantitative estimate of drug-likeness (QED) is 0.805. The van der Waals surface area contributed by atoms with Crippen LogP contribution in [0.5, 0.6) is 0 Å². The van der Waals surface area contributed by atoms with E-state index >= 15 is 0 Å². The first kappa shape index (κ1) is 13.5. The van der Waals surface area contributed by atoms with E-state index in [9.17, 15) is 9.90 Å². The number of hydrogen-bond donors (Lipinski definition) is 1. The lowest BCUT2D eigenvalue weighted by Crippen LogP contribution is -2.44. The zero-order valence-corrected chi connectivity index (χ0v) is 11.2. The van der Waals surface area contributed by atoms with E-state index in [-0.39, 0.29) is 17.4 Å². The second kappa shape index (κ2) is 4.74. The standard InChI is InChI=1S/C13H25NO2/c1-9(2)11(12(15)16)14-7-6-10(8-14)13(3,4)5/h9-11H,6-8H2,1-5H3,(H,15,16). The van der Waals surface area contributed by atoms with E-state index in [4.69, 9.17) is 0 Å². The van der Waals surface area contributed by atoms with Gasteiger partial charge >= 0.3 is 5.97 Å². The zero-order valence-electron chi connectivity index (χ0n) is 11.2. The summed E-state index contributed by atoms with van der Waals surface area (Å²) in [6.45, 7) is 12.6. The Hall–Kier alpha value is -0.570.